The van der Waals surface area contributed by atoms with Gasteiger partial charge in [-0.15, -0.1) is 11.3 Å². The molecule has 0 bridgehead atoms. The molecule has 0 fully saturated rings. The number of rotatable bonds is 6. The second-order valence-corrected chi connectivity index (χ2v) is 6.46. The van der Waals surface area contributed by atoms with Crippen LogP contribution in [0.2, 0.25) is 5.02 Å². The lowest BCUT2D eigenvalue weighted by molar-refractivity contribution is 0.373. The van der Waals surface area contributed by atoms with Gasteiger partial charge in [0.25, 0.3) is 0 Å². The average molecular weight is 390 g/mol. The summed E-state index contributed by atoms with van der Waals surface area (Å²) < 4.78 is 10.3. The molecule has 0 aliphatic carbocycles. The molecule has 8 heteroatoms. The molecule has 1 aromatic heterocycles. The average Bonchev–Trinajstić information content (AvgIpc) is 3.13. The quantitative estimate of drug-likeness (QED) is 0.474. The minimum atomic E-state index is -0.0952. The van der Waals surface area contributed by atoms with E-state index in [1.807, 2.05) is 29.6 Å². The minimum absolute atomic E-state index is 0.0952. The van der Waals surface area contributed by atoms with Crippen LogP contribution in [0.3, 0.4) is 0 Å². The number of halogens is 1. The Morgan fingerprint density at radius 1 is 1.23 bits per heavy atom. The van der Waals surface area contributed by atoms with Crippen LogP contribution in [0.4, 0.5) is 5.13 Å². The van der Waals surface area contributed by atoms with E-state index in [4.69, 9.17) is 21.1 Å². The van der Waals surface area contributed by atoms with Crippen molar-refractivity contribution in [2.45, 2.75) is 0 Å². The molecule has 0 atom stereocenters. The van der Waals surface area contributed by atoms with Gasteiger partial charge in [-0.3, -0.25) is 5.43 Å². The van der Waals surface area contributed by atoms with Crippen LogP contribution >= 0.6 is 22.9 Å². The van der Waals surface area contributed by atoms with Crippen molar-refractivity contribution in [3.05, 3.63) is 52.4 Å². The van der Waals surface area contributed by atoms with Crippen molar-refractivity contribution in [1.82, 2.24) is 4.98 Å². The van der Waals surface area contributed by atoms with Crippen molar-refractivity contribution in [3.63, 3.8) is 0 Å². The molecule has 0 saturated carbocycles. The molecule has 134 valence electrons. The Hall–Kier alpha value is -2.77. The van der Waals surface area contributed by atoms with Gasteiger partial charge in [-0.1, -0.05) is 23.7 Å². The van der Waals surface area contributed by atoms with Gasteiger partial charge in [0, 0.05) is 10.9 Å². The minimum Gasteiger partial charge on any atom is -0.503 e. The third-order valence-electron chi connectivity index (χ3n) is 3.51. The van der Waals surface area contributed by atoms with Gasteiger partial charge in [0.15, 0.2) is 11.5 Å². The highest BCUT2D eigenvalue weighted by atomic mass is 35.5. The largest absolute Gasteiger partial charge is 0.503 e. The summed E-state index contributed by atoms with van der Waals surface area (Å²) >= 11 is 7.40. The number of nitrogens with zero attached hydrogens (tertiary/aromatic N) is 2. The van der Waals surface area contributed by atoms with Crippen molar-refractivity contribution in [1.29, 1.82) is 0 Å². The summed E-state index contributed by atoms with van der Waals surface area (Å²) in [7, 11) is 3.09. The van der Waals surface area contributed by atoms with E-state index < -0.39 is 0 Å². The predicted molar refractivity (Wildman–Crippen MR) is 105 cm³/mol. The van der Waals surface area contributed by atoms with Crippen LogP contribution < -0.4 is 14.9 Å². The lowest BCUT2D eigenvalue weighted by Gasteiger charge is -2.05. The number of methoxy groups -OCH3 is 2. The molecule has 26 heavy (non-hydrogen) atoms. The standard InChI is InChI=1S/C18H16ClN3O3S/c1-24-13-5-3-4-12(8-13)15-10-26-18(21-15)22-20-9-11-6-14(19)17(23)16(7-11)25-2/h3-10,23H,1-2H3,(H,21,22)/b20-9-. The normalized spacial score (nSPS) is 10.9. The van der Waals surface area contributed by atoms with Gasteiger partial charge in [-0.25, -0.2) is 4.98 Å². The van der Waals surface area contributed by atoms with Crippen molar-refractivity contribution in [2.75, 3.05) is 19.6 Å². The van der Waals surface area contributed by atoms with E-state index >= 15 is 0 Å². The summed E-state index contributed by atoms with van der Waals surface area (Å²) in [5, 5.41) is 16.7. The molecule has 0 saturated heterocycles. The first-order chi connectivity index (χ1) is 12.6. The van der Waals surface area contributed by atoms with E-state index in [9.17, 15) is 5.11 Å². The maximum absolute atomic E-state index is 9.74. The molecule has 3 rings (SSSR count). The lowest BCUT2D eigenvalue weighted by Crippen LogP contribution is -1.92. The number of hydrogen-bond acceptors (Lipinski definition) is 7. The van der Waals surface area contributed by atoms with E-state index in [0.29, 0.717) is 10.7 Å². The van der Waals surface area contributed by atoms with E-state index in [2.05, 4.69) is 15.5 Å². The number of phenols is 1. The topological polar surface area (TPSA) is 76.0 Å². The number of nitrogens with one attached hydrogen (secondary N) is 1. The highest BCUT2D eigenvalue weighted by molar-refractivity contribution is 7.14. The van der Waals surface area contributed by atoms with Gasteiger partial charge in [0.05, 0.1) is 31.2 Å². The monoisotopic (exact) mass is 389 g/mol. The summed E-state index contributed by atoms with van der Waals surface area (Å²) in [6.45, 7) is 0. The van der Waals surface area contributed by atoms with Gasteiger partial charge < -0.3 is 14.6 Å². The van der Waals surface area contributed by atoms with E-state index in [1.165, 1.54) is 18.4 Å². The maximum atomic E-state index is 9.74. The van der Waals surface area contributed by atoms with Crippen LogP contribution in [0, 0.1) is 0 Å². The summed E-state index contributed by atoms with van der Waals surface area (Å²) in [6.07, 6.45) is 1.57. The summed E-state index contributed by atoms with van der Waals surface area (Å²) in [4.78, 5) is 4.50. The van der Waals surface area contributed by atoms with Crippen LogP contribution in [0.1, 0.15) is 5.56 Å². The lowest BCUT2D eigenvalue weighted by atomic mass is 10.2. The SMILES string of the molecule is COc1cccc(-c2csc(N/N=C\c3cc(Cl)c(O)c(OC)c3)n2)c1. The van der Waals surface area contributed by atoms with E-state index in [-0.39, 0.29) is 16.5 Å². The Morgan fingerprint density at radius 3 is 2.85 bits per heavy atom. The Balaban J connectivity index is 1.72. The summed E-state index contributed by atoms with van der Waals surface area (Å²) in [6, 6.07) is 10.9. The van der Waals surface area contributed by atoms with Crippen LogP contribution in [0.5, 0.6) is 17.2 Å². The van der Waals surface area contributed by atoms with E-state index in [0.717, 1.165) is 17.0 Å². The maximum Gasteiger partial charge on any atom is 0.203 e. The van der Waals surface area contributed by atoms with Crippen LogP contribution in [0.25, 0.3) is 11.3 Å². The number of anilines is 1. The van der Waals surface area contributed by atoms with Crippen molar-refractivity contribution < 1.29 is 14.6 Å². The van der Waals surface area contributed by atoms with Crippen LogP contribution in [-0.4, -0.2) is 30.5 Å². The van der Waals surface area contributed by atoms with Gasteiger partial charge in [0.1, 0.15) is 5.75 Å². The zero-order chi connectivity index (χ0) is 18.5. The number of aromatic hydroxyl groups is 1. The second kappa shape index (κ2) is 8.07. The number of thiazole rings is 1. The molecule has 2 N–H and O–H groups in total. The smallest absolute Gasteiger partial charge is 0.203 e. The zero-order valence-electron chi connectivity index (χ0n) is 14.1. The number of benzene rings is 2. The molecule has 3 aromatic rings. The summed E-state index contributed by atoms with van der Waals surface area (Å²) in [5.41, 5.74) is 5.36. The molecular weight excluding hydrogens is 374 g/mol. The fraction of sp³-hybridized carbons (Fsp3) is 0.111. The van der Waals surface area contributed by atoms with Crippen LogP contribution in [0.15, 0.2) is 46.9 Å². The number of hydrazone groups is 1. The second-order valence-electron chi connectivity index (χ2n) is 5.19. The predicted octanol–water partition coefficient (Wildman–Crippen LogP) is 4.63. The van der Waals surface area contributed by atoms with E-state index in [1.54, 1.807) is 25.5 Å². The fourth-order valence-electron chi connectivity index (χ4n) is 2.23. The van der Waals surface area contributed by atoms with Crippen molar-refractivity contribution in [3.8, 4) is 28.5 Å². The Labute approximate surface area is 159 Å². The molecule has 0 amide bonds. The Morgan fingerprint density at radius 2 is 2.08 bits per heavy atom. The first-order valence-electron chi connectivity index (χ1n) is 7.56. The Kier molecular flexibility index (Phi) is 5.60. The van der Waals surface area contributed by atoms with Gasteiger partial charge in [-0.2, -0.15) is 5.10 Å². The molecular formula is C18H16ClN3O3S. The van der Waals surface area contributed by atoms with Crippen molar-refractivity contribution >= 4 is 34.3 Å². The van der Waals surface area contributed by atoms with Gasteiger partial charge in [0.2, 0.25) is 5.13 Å². The number of aromatic nitrogens is 1. The van der Waals surface area contributed by atoms with Gasteiger partial charge in [-0.05, 0) is 29.8 Å². The summed E-state index contributed by atoms with van der Waals surface area (Å²) in [5.74, 6) is 0.969. The highest BCUT2D eigenvalue weighted by Gasteiger charge is 2.08. The van der Waals surface area contributed by atoms with Crippen molar-refractivity contribution in [2.24, 2.45) is 5.10 Å². The molecule has 0 spiro atoms. The molecule has 0 radical (unpaired) electrons. The van der Waals surface area contributed by atoms with Crippen LogP contribution in [-0.2, 0) is 0 Å². The highest BCUT2D eigenvalue weighted by Crippen LogP contribution is 2.34. The molecule has 0 aliphatic rings. The fourth-order valence-corrected chi connectivity index (χ4v) is 3.11. The first-order valence-corrected chi connectivity index (χ1v) is 8.82. The number of ether oxygens (including phenoxy) is 2. The molecule has 1 heterocycles. The molecule has 6 nitrogen and oxygen atoms in total. The molecule has 0 aliphatic heterocycles. The third kappa shape index (κ3) is 4.07. The third-order valence-corrected chi connectivity index (χ3v) is 4.55. The zero-order valence-corrected chi connectivity index (χ0v) is 15.6. The molecule has 2 aromatic carbocycles. The number of phenolic OH excluding ortho intramolecular Hbond substituents is 1. The number of hydrogen-bond donors (Lipinski definition) is 2. The molecule has 0 unspecified atom stereocenters. The van der Waals surface area contributed by atoms with Gasteiger partial charge >= 0.3 is 0 Å². The Bertz CT molecular complexity index is 943. The first kappa shape index (κ1) is 18.0.